The summed E-state index contributed by atoms with van der Waals surface area (Å²) in [5.41, 5.74) is -0.207. The number of rotatable bonds is 3. The first-order chi connectivity index (χ1) is 6.35. The minimum Gasteiger partial charge on any atom is -0.481 e. The van der Waals surface area contributed by atoms with Gasteiger partial charge in [0.15, 0.2) is 0 Å². The van der Waals surface area contributed by atoms with E-state index in [2.05, 4.69) is 6.92 Å². The van der Waals surface area contributed by atoms with E-state index < -0.39 is 5.97 Å². The molecular weight excluding hydrogens is 295 g/mol. The first-order valence-electron chi connectivity index (χ1n) is 4.81. The van der Waals surface area contributed by atoms with Gasteiger partial charge in [-0.3, -0.25) is 4.79 Å². The van der Waals surface area contributed by atoms with Crippen LogP contribution in [-0.4, -0.2) is 17.7 Å². The van der Waals surface area contributed by atoms with E-state index in [9.17, 15) is 4.79 Å². The number of aliphatic carboxylic acids is 1. The van der Waals surface area contributed by atoms with Crippen molar-refractivity contribution in [2.24, 2.45) is 16.7 Å². The lowest BCUT2D eigenvalue weighted by Crippen LogP contribution is -2.39. The maximum atomic E-state index is 11.1. The molecule has 0 bridgehead atoms. The highest BCUT2D eigenvalue weighted by molar-refractivity contribution is 14.1. The van der Waals surface area contributed by atoms with Crippen LogP contribution in [0.5, 0.6) is 0 Å². The Kier molecular flexibility index (Phi) is 3.46. The second-order valence-electron chi connectivity index (χ2n) is 4.97. The molecule has 0 amide bonds. The summed E-state index contributed by atoms with van der Waals surface area (Å²) in [7, 11) is 0. The Balaban J connectivity index is 2.90. The van der Waals surface area contributed by atoms with Gasteiger partial charge in [-0.25, -0.2) is 0 Å². The quantitative estimate of drug-likeness (QED) is 0.815. The van der Waals surface area contributed by atoms with E-state index in [0.717, 1.165) is 12.8 Å². The average Bonchev–Trinajstić information content (AvgIpc) is 2.24. The van der Waals surface area contributed by atoms with Crippen molar-refractivity contribution in [2.45, 2.75) is 33.6 Å². The molecule has 1 aliphatic carbocycles. The highest BCUT2D eigenvalue weighted by Gasteiger charge is 2.54. The number of halogens is 1. The van der Waals surface area contributed by atoms with Crippen molar-refractivity contribution in [3.63, 3.8) is 0 Å². The molecule has 14 heavy (non-hydrogen) atoms. The summed E-state index contributed by atoms with van der Waals surface area (Å²) in [6.45, 7) is 6.82. The van der Waals surface area contributed by atoms with Crippen molar-refractivity contribution in [1.29, 1.82) is 0 Å². The maximum Gasteiger partial charge on any atom is 0.307 e. The summed E-state index contributed by atoms with van der Waals surface area (Å²) in [6, 6.07) is 0. The van der Waals surface area contributed by atoms with Crippen LogP contribution in [0.2, 0.25) is 0 Å². The number of hydrogen-bond donors (Lipinski definition) is 1. The molecule has 0 aromatic rings. The first kappa shape index (κ1) is 12.2. The van der Waals surface area contributed by atoms with Crippen LogP contribution in [-0.2, 0) is 7.86 Å². The van der Waals surface area contributed by atoms with Gasteiger partial charge in [0.1, 0.15) is 23.0 Å². The summed E-state index contributed by atoms with van der Waals surface area (Å²) < 4.78 is 5.17. The topological polar surface area (TPSA) is 46.5 Å². The van der Waals surface area contributed by atoms with Crippen LogP contribution < -0.4 is 0 Å². The van der Waals surface area contributed by atoms with Gasteiger partial charge in [0.25, 0.3) is 0 Å². The summed E-state index contributed by atoms with van der Waals surface area (Å²) in [6.07, 6.45) is 1.69. The Morgan fingerprint density at radius 1 is 1.57 bits per heavy atom. The smallest absolute Gasteiger partial charge is 0.307 e. The fraction of sp³-hybridized carbons (Fsp3) is 0.900. The third-order valence-corrected chi connectivity index (χ3v) is 4.39. The Bertz CT molecular complexity index is 240. The summed E-state index contributed by atoms with van der Waals surface area (Å²) in [5.74, 6) is -0.911. The van der Waals surface area contributed by atoms with E-state index in [1.54, 1.807) is 0 Å². The molecule has 1 saturated carbocycles. The molecule has 4 heteroatoms. The summed E-state index contributed by atoms with van der Waals surface area (Å²) in [4.78, 5) is 11.1. The summed E-state index contributed by atoms with van der Waals surface area (Å²) in [5, 5.41) is 9.11. The predicted octanol–water partition coefficient (Wildman–Crippen LogP) is 2.88. The molecule has 3 nitrogen and oxygen atoms in total. The Morgan fingerprint density at radius 3 is 2.50 bits per heavy atom. The van der Waals surface area contributed by atoms with Gasteiger partial charge in [-0.2, -0.15) is 0 Å². The molecule has 2 atom stereocenters. The molecular formula is C10H17IO3. The van der Waals surface area contributed by atoms with Crippen molar-refractivity contribution < 1.29 is 13.0 Å². The molecule has 1 aliphatic rings. The molecule has 1 rings (SSSR count). The van der Waals surface area contributed by atoms with Gasteiger partial charge >= 0.3 is 5.97 Å². The zero-order valence-electron chi connectivity index (χ0n) is 8.84. The molecule has 0 spiro atoms. The lowest BCUT2D eigenvalue weighted by atomic mass is 9.66. The van der Waals surface area contributed by atoms with Crippen LogP contribution in [0.1, 0.15) is 33.6 Å². The fourth-order valence-corrected chi connectivity index (χ4v) is 3.06. The summed E-state index contributed by atoms with van der Waals surface area (Å²) >= 11 is 1.88. The fourth-order valence-electron chi connectivity index (χ4n) is 2.38. The van der Waals surface area contributed by atoms with Gasteiger partial charge in [-0.1, -0.05) is 20.8 Å². The SMILES string of the molecule is CC1(C)[C@@H](C(=O)O)CC[C@@]1(C)COI. The van der Waals surface area contributed by atoms with E-state index in [4.69, 9.17) is 8.17 Å². The normalized spacial score (nSPS) is 35.9. The van der Waals surface area contributed by atoms with Crippen LogP contribution in [0.4, 0.5) is 0 Å². The largest absolute Gasteiger partial charge is 0.481 e. The van der Waals surface area contributed by atoms with Gasteiger partial charge in [-0.05, 0) is 23.7 Å². The molecule has 1 fully saturated rings. The van der Waals surface area contributed by atoms with E-state index in [0.29, 0.717) is 6.61 Å². The molecule has 0 unspecified atom stereocenters. The van der Waals surface area contributed by atoms with Crippen molar-refractivity contribution in [1.82, 2.24) is 0 Å². The minimum absolute atomic E-state index is 0.0166. The highest BCUT2D eigenvalue weighted by Crippen LogP contribution is 2.56. The van der Waals surface area contributed by atoms with Crippen LogP contribution in [0.25, 0.3) is 0 Å². The maximum absolute atomic E-state index is 11.1. The predicted molar refractivity (Wildman–Crippen MR) is 62.2 cm³/mol. The van der Waals surface area contributed by atoms with E-state index in [1.807, 2.05) is 36.9 Å². The molecule has 0 aromatic carbocycles. The van der Waals surface area contributed by atoms with Gasteiger partial charge in [0, 0.05) is 0 Å². The minimum atomic E-state index is -0.674. The van der Waals surface area contributed by atoms with Crippen molar-refractivity contribution in [3.05, 3.63) is 0 Å². The number of carboxylic acids is 1. The molecule has 0 aliphatic heterocycles. The van der Waals surface area contributed by atoms with Crippen molar-refractivity contribution >= 4 is 29.0 Å². The van der Waals surface area contributed by atoms with Crippen LogP contribution in [0.3, 0.4) is 0 Å². The third kappa shape index (κ3) is 1.78. The molecule has 0 heterocycles. The molecule has 0 saturated heterocycles. The second kappa shape index (κ2) is 3.96. The monoisotopic (exact) mass is 312 g/mol. The van der Waals surface area contributed by atoms with E-state index in [-0.39, 0.29) is 16.7 Å². The third-order valence-electron chi connectivity index (χ3n) is 4.08. The first-order valence-corrected chi connectivity index (χ1v) is 5.69. The zero-order valence-corrected chi connectivity index (χ0v) is 11.0. The lowest BCUT2D eigenvalue weighted by Gasteiger charge is -2.39. The van der Waals surface area contributed by atoms with Gasteiger partial charge in [0.05, 0.1) is 12.5 Å². The van der Waals surface area contributed by atoms with Gasteiger partial charge < -0.3 is 8.17 Å². The number of hydrogen-bond acceptors (Lipinski definition) is 2. The Hall–Kier alpha value is 0.160. The molecule has 0 aromatic heterocycles. The van der Waals surface area contributed by atoms with E-state index in [1.165, 1.54) is 0 Å². The molecule has 82 valence electrons. The highest BCUT2D eigenvalue weighted by atomic mass is 127. The lowest BCUT2D eigenvalue weighted by molar-refractivity contribution is -0.146. The van der Waals surface area contributed by atoms with E-state index >= 15 is 0 Å². The van der Waals surface area contributed by atoms with Crippen LogP contribution >= 0.6 is 23.0 Å². The number of carboxylic acid groups (broad SMARTS) is 1. The van der Waals surface area contributed by atoms with Gasteiger partial charge in [-0.15, -0.1) is 0 Å². The molecule has 1 N–H and O–H groups in total. The number of carbonyl (C=O) groups is 1. The van der Waals surface area contributed by atoms with Crippen LogP contribution in [0, 0.1) is 16.7 Å². The Morgan fingerprint density at radius 2 is 2.14 bits per heavy atom. The zero-order chi connectivity index (χ0) is 11.0. The second-order valence-corrected chi connectivity index (χ2v) is 5.59. The molecule has 0 radical (unpaired) electrons. The average molecular weight is 312 g/mol. The Labute approximate surface area is 98.9 Å². The van der Waals surface area contributed by atoms with Crippen LogP contribution in [0.15, 0.2) is 0 Å². The van der Waals surface area contributed by atoms with Crippen molar-refractivity contribution in [3.8, 4) is 0 Å². The van der Waals surface area contributed by atoms with Crippen molar-refractivity contribution in [2.75, 3.05) is 6.61 Å². The van der Waals surface area contributed by atoms with Gasteiger partial charge in [0.2, 0.25) is 0 Å². The standard InChI is InChI=1S/C10H17IO3/c1-9(2)7(8(12)13)4-5-10(9,3)6-14-11/h7H,4-6H2,1-3H3,(H,12,13)/t7-,10+/m1/s1.